The highest BCUT2D eigenvalue weighted by Crippen LogP contribution is 2.34. The summed E-state index contributed by atoms with van der Waals surface area (Å²) < 4.78 is 1.16. The molecule has 0 saturated heterocycles. The molecule has 2 nitrogen and oxygen atoms in total. The molecule has 1 N–H and O–H groups in total. The molecule has 0 saturated carbocycles. The van der Waals surface area contributed by atoms with Gasteiger partial charge in [0, 0.05) is 9.35 Å². The molecule has 3 rings (SSSR count). The average molecular weight is 351 g/mol. The third kappa shape index (κ3) is 2.69. The molecule has 20 heavy (non-hydrogen) atoms. The molecule has 0 spiro atoms. The molecule has 1 heterocycles. The number of benzene rings is 1. The van der Waals surface area contributed by atoms with Crippen LogP contribution in [0.2, 0.25) is 0 Å². The SMILES string of the molecule is CCNC(c1ccc(Br)c(C)c1)c1nc2c(s1)CCC2. The van der Waals surface area contributed by atoms with Crippen LogP contribution >= 0.6 is 27.3 Å². The van der Waals surface area contributed by atoms with E-state index in [0.29, 0.717) is 0 Å². The quantitative estimate of drug-likeness (QED) is 0.883. The van der Waals surface area contributed by atoms with Gasteiger partial charge in [-0.05, 0) is 49.9 Å². The number of fused-ring (bicyclic) bond motifs is 1. The molecular weight excluding hydrogens is 332 g/mol. The Bertz CT molecular complexity index is 599. The van der Waals surface area contributed by atoms with Crippen LogP contribution < -0.4 is 5.32 Å². The minimum absolute atomic E-state index is 0.224. The maximum absolute atomic E-state index is 4.88. The molecule has 1 aliphatic carbocycles. The van der Waals surface area contributed by atoms with Gasteiger partial charge >= 0.3 is 0 Å². The summed E-state index contributed by atoms with van der Waals surface area (Å²) >= 11 is 5.47. The summed E-state index contributed by atoms with van der Waals surface area (Å²) in [7, 11) is 0. The van der Waals surface area contributed by atoms with Gasteiger partial charge in [-0.2, -0.15) is 0 Å². The number of nitrogens with one attached hydrogen (secondary N) is 1. The zero-order valence-corrected chi connectivity index (χ0v) is 14.3. The monoisotopic (exact) mass is 350 g/mol. The lowest BCUT2D eigenvalue weighted by atomic mass is 10.0. The number of halogens is 1. The molecule has 0 aliphatic heterocycles. The molecule has 4 heteroatoms. The molecular formula is C16H19BrN2S. The number of aromatic nitrogens is 1. The standard InChI is InChI=1S/C16H19BrN2S/c1-3-18-15(11-7-8-12(17)10(2)9-11)16-19-13-5-4-6-14(13)20-16/h7-9,15,18H,3-6H2,1-2H3. The summed E-state index contributed by atoms with van der Waals surface area (Å²) in [6, 6.07) is 6.80. The highest BCUT2D eigenvalue weighted by molar-refractivity contribution is 9.10. The van der Waals surface area contributed by atoms with E-state index in [2.05, 4.69) is 53.3 Å². The smallest absolute Gasteiger partial charge is 0.115 e. The van der Waals surface area contributed by atoms with Gasteiger partial charge in [0.15, 0.2) is 0 Å². The Balaban J connectivity index is 1.96. The fourth-order valence-electron chi connectivity index (χ4n) is 2.73. The van der Waals surface area contributed by atoms with Crippen molar-refractivity contribution in [3.63, 3.8) is 0 Å². The predicted octanol–water partition coefficient (Wildman–Crippen LogP) is 4.40. The van der Waals surface area contributed by atoms with E-state index in [1.807, 2.05) is 11.3 Å². The number of thiazole rings is 1. The Morgan fingerprint density at radius 2 is 2.25 bits per heavy atom. The van der Waals surface area contributed by atoms with Crippen molar-refractivity contribution in [2.75, 3.05) is 6.54 Å². The molecule has 1 atom stereocenters. The van der Waals surface area contributed by atoms with E-state index in [1.165, 1.54) is 39.5 Å². The van der Waals surface area contributed by atoms with Gasteiger partial charge < -0.3 is 5.32 Å². The summed E-state index contributed by atoms with van der Waals surface area (Å²) in [5.41, 5.74) is 3.91. The van der Waals surface area contributed by atoms with Crippen LogP contribution in [0.15, 0.2) is 22.7 Å². The topological polar surface area (TPSA) is 24.9 Å². The third-order valence-electron chi connectivity index (χ3n) is 3.78. The molecule has 0 radical (unpaired) electrons. The summed E-state index contributed by atoms with van der Waals surface area (Å²) in [5.74, 6) is 0. The minimum atomic E-state index is 0.224. The lowest BCUT2D eigenvalue weighted by molar-refractivity contribution is 0.624. The second kappa shape index (κ2) is 5.96. The fraction of sp³-hybridized carbons (Fsp3) is 0.438. The first-order valence-electron chi connectivity index (χ1n) is 7.17. The van der Waals surface area contributed by atoms with Crippen molar-refractivity contribution in [1.82, 2.24) is 10.3 Å². The van der Waals surface area contributed by atoms with Gasteiger partial charge in [0.05, 0.1) is 11.7 Å². The van der Waals surface area contributed by atoms with Crippen LogP contribution in [0.1, 0.15) is 46.1 Å². The van der Waals surface area contributed by atoms with Crippen LogP contribution in [0.3, 0.4) is 0 Å². The van der Waals surface area contributed by atoms with Crippen LogP contribution in [0.25, 0.3) is 0 Å². The Morgan fingerprint density at radius 3 is 2.95 bits per heavy atom. The summed E-state index contributed by atoms with van der Waals surface area (Å²) in [4.78, 5) is 6.38. The van der Waals surface area contributed by atoms with Gasteiger partial charge in [0.2, 0.25) is 0 Å². The van der Waals surface area contributed by atoms with Crippen molar-refractivity contribution in [3.8, 4) is 0 Å². The molecule has 0 fully saturated rings. The molecule has 2 aromatic rings. The van der Waals surface area contributed by atoms with Crippen molar-refractivity contribution >= 4 is 27.3 Å². The normalized spacial score (nSPS) is 15.3. The lowest BCUT2D eigenvalue weighted by Gasteiger charge is -2.17. The van der Waals surface area contributed by atoms with E-state index < -0.39 is 0 Å². The molecule has 1 aliphatic rings. The van der Waals surface area contributed by atoms with Crippen molar-refractivity contribution in [1.29, 1.82) is 0 Å². The lowest BCUT2D eigenvalue weighted by Crippen LogP contribution is -2.22. The van der Waals surface area contributed by atoms with Crippen molar-refractivity contribution < 1.29 is 0 Å². The van der Waals surface area contributed by atoms with Gasteiger partial charge in [0.1, 0.15) is 5.01 Å². The second-order valence-corrected chi connectivity index (χ2v) is 7.24. The van der Waals surface area contributed by atoms with Gasteiger partial charge in [-0.3, -0.25) is 0 Å². The van der Waals surface area contributed by atoms with Crippen molar-refractivity contribution in [2.45, 2.75) is 39.2 Å². The molecule has 0 amide bonds. The number of nitrogens with zero attached hydrogens (tertiary/aromatic N) is 1. The predicted molar refractivity (Wildman–Crippen MR) is 88.5 cm³/mol. The molecule has 1 unspecified atom stereocenters. The number of hydrogen-bond donors (Lipinski definition) is 1. The van der Waals surface area contributed by atoms with Crippen molar-refractivity contribution in [3.05, 3.63) is 49.4 Å². The first kappa shape index (κ1) is 14.2. The van der Waals surface area contributed by atoms with E-state index in [9.17, 15) is 0 Å². The zero-order chi connectivity index (χ0) is 14.1. The van der Waals surface area contributed by atoms with Crippen LogP contribution in [-0.4, -0.2) is 11.5 Å². The number of aryl methyl sites for hydroxylation is 3. The van der Waals surface area contributed by atoms with Crippen LogP contribution in [-0.2, 0) is 12.8 Å². The molecule has 106 valence electrons. The van der Waals surface area contributed by atoms with Gasteiger partial charge in [-0.25, -0.2) is 4.98 Å². The largest absolute Gasteiger partial charge is 0.305 e. The Hall–Kier alpha value is -0.710. The second-order valence-electron chi connectivity index (χ2n) is 5.27. The van der Waals surface area contributed by atoms with E-state index in [-0.39, 0.29) is 6.04 Å². The summed E-state index contributed by atoms with van der Waals surface area (Å²) in [6.45, 7) is 5.24. The third-order valence-corrected chi connectivity index (χ3v) is 5.89. The maximum Gasteiger partial charge on any atom is 0.115 e. The molecule has 1 aromatic carbocycles. The van der Waals surface area contributed by atoms with E-state index >= 15 is 0 Å². The van der Waals surface area contributed by atoms with Crippen LogP contribution in [0.4, 0.5) is 0 Å². The van der Waals surface area contributed by atoms with E-state index in [1.54, 1.807) is 0 Å². The highest BCUT2D eigenvalue weighted by Gasteiger charge is 2.22. The summed E-state index contributed by atoms with van der Waals surface area (Å²) in [6.07, 6.45) is 3.65. The Morgan fingerprint density at radius 1 is 1.40 bits per heavy atom. The van der Waals surface area contributed by atoms with E-state index in [4.69, 9.17) is 4.98 Å². The van der Waals surface area contributed by atoms with Crippen molar-refractivity contribution in [2.24, 2.45) is 0 Å². The summed E-state index contributed by atoms with van der Waals surface area (Å²) in [5, 5.41) is 4.80. The van der Waals surface area contributed by atoms with Gasteiger partial charge in [-0.15, -0.1) is 11.3 Å². The fourth-order valence-corrected chi connectivity index (χ4v) is 4.24. The average Bonchev–Trinajstić information content (AvgIpc) is 3.00. The Kier molecular flexibility index (Phi) is 4.24. The first-order valence-corrected chi connectivity index (χ1v) is 8.78. The van der Waals surface area contributed by atoms with Crippen LogP contribution in [0.5, 0.6) is 0 Å². The van der Waals surface area contributed by atoms with Gasteiger partial charge in [-0.1, -0.05) is 35.0 Å². The zero-order valence-electron chi connectivity index (χ0n) is 11.9. The molecule has 1 aromatic heterocycles. The maximum atomic E-state index is 4.88. The molecule has 0 bridgehead atoms. The first-order chi connectivity index (χ1) is 9.69. The van der Waals surface area contributed by atoms with E-state index in [0.717, 1.165) is 17.4 Å². The Labute approximate surface area is 132 Å². The number of rotatable bonds is 4. The highest BCUT2D eigenvalue weighted by atomic mass is 79.9. The van der Waals surface area contributed by atoms with Crippen LogP contribution in [0, 0.1) is 6.92 Å². The minimum Gasteiger partial charge on any atom is -0.305 e. The number of hydrogen-bond acceptors (Lipinski definition) is 3. The van der Waals surface area contributed by atoms with Gasteiger partial charge in [0.25, 0.3) is 0 Å².